The number of anilines is 1. The highest BCUT2D eigenvalue weighted by molar-refractivity contribution is 9.10. The zero-order chi connectivity index (χ0) is 26.8. The van der Waals surface area contributed by atoms with E-state index in [-0.39, 0.29) is 17.0 Å². The van der Waals surface area contributed by atoms with Crippen LogP contribution in [0.1, 0.15) is 17.2 Å². The number of rotatable bonds is 6. The van der Waals surface area contributed by atoms with E-state index in [9.17, 15) is 19.1 Å². The first-order valence-corrected chi connectivity index (χ1v) is 12.4. The van der Waals surface area contributed by atoms with E-state index in [0.29, 0.717) is 32.8 Å². The number of carbonyl (C=O) groups is 2. The molecule has 1 atom stereocenters. The Morgan fingerprint density at radius 1 is 0.895 bits per heavy atom. The molecule has 0 saturated carbocycles. The third-order valence-electron chi connectivity index (χ3n) is 6.11. The van der Waals surface area contributed by atoms with E-state index in [1.807, 2.05) is 18.2 Å². The highest BCUT2D eigenvalue weighted by atomic mass is 79.9. The molecule has 190 valence electrons. The van der Waals surface area contributed by atoms with Crippen molar-refractivity contribution >= 4 is 39.1 Å². The number of Topliss-reactive ketones (excluding diaryl/α,β-unsaturated/α-hetero) is 1. The summed E-state index contributed by atoms with van der Waals surface area (Å²) >= 11 is 3.39. The number of halogens is 2. The molecule has 1 fully saturated rings. The van der Waals surface area contributed by atoms with Gasteiger partial charge in [0.15, 0.2) is 0 Å². The summed E-state index contributed by atoms with van der Waals surface area (Å²) < 4.78 is 26.0. The Labute approximate surface area is 226 Å². The van der Waals surface area contributed by atoms with Crippen LogP contribution < -0.4 is 14.4 Å². The summed E-state index contributed by atoms with van der Waals surface area (Å²) in [5, 5.41) is 11.4. The zero-order valence-electron chi connectivity index (χ0n) is 20.1. The van der Waals surface area contributed by atoms with Crippen molar-refractivity contribution in [1.29, 1.82) is 0 Å². The number of aliphatic hydroxyl groups excluding tert-OH is 1. The van der Waals surface area contributed by atoms with Crippen LogP contribution >= 0.6 is 15.9 Å². The fourth-order valence-corrected chi connectivity index (χ4v) is 4.92. The number of aliphatic hydroxyl groups is 1. The predicted octanol–water partition coefficient (Wildman–Crippen LogP) is 7.02. The van der Waals surface area contributed by atoms with E-state index in [1.54, 1.807) is 54.6 Å². The number of benzene rings is 4. The summed E-state index contributed by atoms with van der Waals surface area (Å²) in [6, 6.07) is 25.2. The van der Waals surface area contributed by atoms with Crippen molar-refractivity contribution in [3.8, 4) is 17.2 Å². The lowest BCUT2D eigenvalue weighted by molar-refractivity contribution is -0.132. The van der Waals surface area contributed by atoms with Crippen LogP contribution in [0.2, 0.25) is 0 Å². The van der Waals surface area contributed by atoms with Gasteiger partial charge in [0.1, 0.15) is 28.8 Å². The van der Waals surface area contributed by atoms with Gasteiger partial charge < -0.3 is 14.6 Å². The van der Waals surface area contributed by atoms with Crippen LogP contribution in [0.15, 0.2) is 107 Å². The molecule has 1 heterocycles. The maximum Gasteiger partial charge on any atom is 0.300 e. The van der Waals surface area contributed by atoms with Gasteiger partial charge in [-0.25, -0.2) is 4.39 Å². The lowest BCUT2D eigenvalue weighted by atomic mass is 9.95. The molecule has 1 saturated heterocycles. The monoisotopic (exact) mass is 573 g/mol. The van der Waals surface area contributed by atoms with Gasteiger partial charge in [-0.3, -0.25) is 14.5 Å². The number of methoxy groups -OCH3 is 1. The Morgan fingerprint density at radius 3 is 2.34 bits per heavy atom. The van der Waals surface area contributed by atoms with Gasteiger partial charge in [0.2, 0.25) is 0 Å². The van der Waals surface area contributed by atoms with Crippen LogP contribution in [-0.4, -0.2) is 23.9 Å². The fraction of sp³-hybridized carbons (Fsp3) is 0.0667. The number of ketones is 1. The molecule has 0 radical (unpaired) electrons. The Kier molecular flexibility index (Phi) is 6.98. The number of ether oxygens (including phenoxy) is 2. The molecule has 0 aromatic heterocycles. The minimum absolute atomic E-state index is 0.131. The second kappa shape index (κ2) is 10.5. The summed E-state index contributed by atoms with van der Waals surface area (Å²) in [7, 11) is 1.51. The van der Waals surface area contributed by atoms with Crippen LogP contribution in [0.4, 0.5) is 10.1 Å². The Bertz CT molecular complexity index is 1570. The number of nitrogens with zero attached hydrogens (tertiary/aromatic N) is 1. The largest absolute Gasteiger partial charge is 0.507 e. The minimum atomic E-state index is -1.04. The number of amides is 1. The Balaban J connectivity index is 1.68. The standard InChI is InChI=1S/C30H21BrFNO5/c1-37-25-14-13-19(16-24(25)31)28(34)26-27(33(30(36)29(26)35)21-9-6-8-20(32)17-21)18-7-5-12-23(15-18)38-22-10-3-2-4-11-22/h2-17,27,34H,1H3/b28-26+. The average Bonchev–Trinajstić information content (AvgIpc) is 3.19. The van der Waals surface area contributed by atoms with Crippen LogP contribution in [0.5, 0.6) is 17.2 Å². The van der Waals surface area contributed by atoms with Crippen molar-refractivity contribution in [1.82, 2.24) is 0 Å². The highest BCUT2D eigenvalue weighted by Gasteiger charge is 2.47. The van der Waals surface area contributed by atoms with Crippen molar-refractivity contribution in [2.75, 3.05) is 12.0 Å². The van der Waals surface area contributed by atoms with Gasteiger partial charge in [-0.05, 0) is 82.2 Å². The van der Waals surface area contributed by atoms with Crippen LogP contribution in [0.3, 0.4) is 0 Å². The molecule has 1 aliphatic rings. The molecule has 1 aliphatic heterocycles. The zero-order valence-corrected chi connectivity index (χ0v) is 21.7. The first-order chi connectivity index (χ1) is 18.4. The smallest absolute Gasteiger partial charge is 0.300 e. The van der Waals surface area contributed by atoms with E-state index in [4.69, 9.17) is 9.47 Å². The molecule has 38 heavy (non-hydrogen) atoms. The van der Waals surface area contributed by atoms with Crippen molar-refractivity contribution in [3.63, 3.8) is 0 Å². The Morgan fingerprint density at radius 2 is 1.63 bits per heavy atom. The SMILES string of the molecule is COc1ccc(/C(O)=C2\C(=O)C(=O)N(c3cccc(F)c3)C2c2cccc(Oc3ccccc3)c2)cc1Br. The summed E-state index contributed by atoms with van der Waals surface area (Å²) in [6.45, 7) is 0. The molecule has 5 rings (SSSR count). The topological polar surface area (TPSA) is 76.1 Å². The third kappa shape index (κ3) is 4.78. The summed E-state index contributed by atoms with van der Waals surface area (Å²) in [5.74, 6) is -1.11. The van der Waals surface area contributed by atoms with Crippen molar-refractivity contribution in [2.24, 2.45) is 0 Å². The number of carbonyl (C=O) groups excluding carboxylic acids is 2. The summed E-state index contributed by atoms with van der Waals surface area (Å²) in [5.41, 5.74) is 0.849. The second-order valence-corrected chi connectivity index (χ2v) is 9.34. The number of para-hydroxylation sites is 1. The fourth-order valence-electron chi connectivity index (χ4n) is 4.38. The molecule has 4 aromatic carbocycles. The van der Waals surface area contributed by atoms with Gasteiger partial charge >= 0.3 is 0 Å². The van der Waals surface area contributed by atoms with Gasteiger partial charge in [0, 0.05) is 11.3 Å². The first-order valence-electron chi connectivity index (χ1n) is 11.6. The maximum absolute atomic E-state index is 14.2. The van der Waals surface area contributed by atoms with Gasteiger partial charge in [-0.1, -0.05) is 36.4 Å². The maximum atomic E-state index is 14.2. The number of hydrogen-bond donors (Lipinski definition) is 1. The predicted molar refractivity (Wildman–Crippen MR) is 145 cm³/mol. The van der Waals surface area contributed by atoms with E-state index in [0.717, 1.165) is 0 Å². The minimum Gasteiger partial charge on any atom is -0.507 e. The normalized spacial score (nSPS) is 16.5. The highest BCUT2D eigenvalue weighted by Crippen LogP contribution is 2.43. The molecule has 4 aromatic rings. The molecule has 0 bridgehead atoms. The summed E-state index contributed by atoms with van der Waals surface area (Å²) in [6.07, 6.45) is 0. The molecular formula is C30H21BrFNO5. The van der Waals surface area contributed by atoms with Crippen molar-refractivity contribution in [2.45, 2.75) is 6.04 Å². The van der Waals surface area contributed by atoms with Gasteiger partial charge in [-0.2, -0.15) is 0 Å². The summed E-state index contributed by atoms with van der Waals surface area (Å²) in [4.78, 5) is 27.9. The molecule has 0 aliphatic carbocycles. The first kappa shape index (κ1) is 25.2. The van der Waals surface area contributed by atoms with Gasteiger partial charge in [0.05, 0.1) is 23.2 Å². The van der Waals surface area contributed by atoms with E-state index in [2.05, 4.69) is 15.9 Å². The quantitative estimate of drug-likeness (QED) is 0.152. The van der Waals surface area contributed by atoms with Gasteiger partial charge in [-0.15, -0.1) is 0 Å². The van der Waals surface area contributed by atoms with Crippen LogP contribution in [0.25, 0.3) is 5.76 Å². The lowest BCUT2D eigenvalue weighted by Gasteiger charge is -2.26. The molecular weight excluding hydrogens is 553 g/mol. The van der Waals surface area contributed by atoms with Gasteiger partial charge in [0.25, 0.3) is 11.7 Å². The second-order valence-electron chi connectivity index (χ2n) is 8.49. The van der Waals surface area contributed by atoms with E-state index in [1.165, 1.54) is 36.3 Å². The third-order valence-corrected chi connectivity index (χ3v) is 6.73. The van der Waals surface area contributed by atoms with Crippen molar-refractivity contribution < 1.29 is 28.6 Å². The van der Waals surface area contributed by atoms with Crippen LogP contribution in [-0.2, 0) is 9.59 Å². The molecule has 0 spiro atoms. The molecule has 1 amide bonds. The van der Waals surface area contributed by atoms with E-state index < -0.39 is 23.5 Å². The molecule has 1 unspecified atom stereocenters. The van der Waals surface area contributed by atoms with E-state index >= 15 is 0 Å². The molecule has 1 N–H and O–H groups in total. The van der Waals surface area contributed by atoms with Crippen molar-refractivity contribution in [3.05, 3.63) is 124 Å². The van der Waals surface area contributed by atoms with Crippen LogP contribution in [0, 0.1) is 5.82 Å². The molecule has 6 nitrogen and oxygen atoms in total. The number of hydrogen-bond acceptors (Lipinski definition) is 5. The lowest BCUT2D eigenvalue weighted by Crippen LogP contribution is -2.29. The average molecular weight is 574 g/mol. The Hall–Kier alpha value is -4.43. The molecule has 8 heteroatoms.